The van der Waals surface area contributed by atoms with Crippen LogP contribution in [0.4, 0.5) is 0 Å². The quantitative estimate of drug-likeness (QED) is 0.682. The number of methoxy groups -OCH3 is 1. The Balaban J connectivity index is 1.76. The first-order valence-electron chi connectivity index (χ1n) is 6.64. The zero-order valence-corrected chi connectivity index (χ0v) is 10.0. The van der Waals surface area contributed by atoms with Gasteiger partial charge in [-0.15, -0.1) is 0 Å². The Morgan fingerprint density at radius 1 is 1.07 bits per heavy atom. The van der Waals surface area contributed by atoms with Crippen molar-refractivity contribution >= 4 is 0 Å². The molecule has 2 nitrogen and oxygen atoms in total. The smallest absolute Gasteiger partial charge is 0.0587 e. The molecule has 88 valence electrons. The van der Waals surface area contributed by atoms with Gasteiger partial charge in [-0.25, -0.2) is 0 Å². The SMILES string of the molecule is COCCNC(C1CCCCC1)C1CC1. The summed E-state index contributed by atoms with van der Waals surface area (Å²) in [4.78, 5) is 0. The second kappa shape index (κ2) is 5.86. The van der Waals surface area contributed by atoms with Gasteiger partial charge in [0.1, 0.15) is 0 Å². The molecule has 2 aliphatic carbocycles. The Hall–Kier alpha value is -0.0800. The van der Waals surface area contributed by atoms with Crippen molar-refractivity contribution in [3.63, 3.8) is 0 Å². The molecule has 0 amide bonds. The van der Waals surface area contributed by atoms with Crippen LogP contribution in [0.5, 0.6) is 0 Å². The van der Waals surface area contributed by atoms with E-state index < -0.39 is 0 Å². The average molecular weight is 211 g/mol. The van der Waals surface area contributed by atoms with Crippen LogP contribution in [-0.2, 0) is 4.74 Å². The molecule has 1 N–H and O–H groups in total. The zero-order chi connectivity index (χ0) is 10.5. The van der Waals surface area contributed by atoms with Crippen molar-refractivity contribution in [2.24, 2.45) is 11.8 Å². The van der Waals surface area contributed by atoms with Crippen molar-refractivity contribution in [3.8, 4) is 0 Å². The Labute approximate surface area is 93.8 Å². The summed E-state index contributed by atoms with van der Waals surface area (Å²) in [5.74, 6) is 1.95. The summed E-state index contributed by atoms with van der Waals surface area (Å²) in [5, 5.41) is 3.73. The van der Waals surface area contributed by atoms with Gasteiger partial charge in [0.25, 0.3) is 0 Å². The van der Waals surface area contributed by atoms with E-state index in [0.29, 0.717) is 0 Å². The van der Waals surface area contributed by atoms with Gasteiger partial charge in [-0.1, -0.05) is 19.3 Å². The second-order valence-electron chi connectivity index (χ2n) is 5.21. The van der Waals surface area contributed by atoms with Crippen molar-refractivity contribution < 1.29 is 4.74 Å². The van der Waals surface area contributed by atoms with Crippen molar-refractivity contribution in [2.45, 2.75) is 51.0 Å². The molecule has 15 heavy (non-hydrogen) atoms. The van der Waals surface area contributed by atoms with Gasteiger partial charge in [0.15, 0.2) is 0 Å². The summed E-state index contributed by atoms with van der Waals surface area (Å²) in [5.41, 5.74) is 0. The molecule has 1 unspecified atom stereocenters. The van der Waals surface area contributed by atoms with E-state index in [4.69, 9.17) is 4.74 Å². The fourth-order valence-electron chi connectivity index (χ4n) is 2.99. The normalized spacial score (nSPS) is 25.4. The molecule has 0 bridgehead atoms. The lowest BCUT2D eigenvalue weighted by atomic mass is 9.82. The molecule has 2 rings (SSSR count). The Morgan fingerprint density at radius 3 is 2.33 bits per heavy atom. The average Bonchev–Trinajstić information content (AvgIpc) is 3.10. The molecular weight excluding hydrogens is 186 g/mol. The second-order valence-corrected chi connectivity index (χ2v) is 5.21. The first-order valence-corrected chi connectivity index (χ1v) is 6.64. The molecule has 0 saturated heterocycles. The van der Waals surface area contributed by atoms with Gasteiger partial charge in [0, 0.05) is 19.7 Å². The number of ether oxygens (including phenoxy) is 1. The molecule has 0 aromatic carbocycles. The minimum atomic E-state index is 0.806. The highest BCUT2D eigenvalue weighted by molar-refractivity contribution is 4.91. The van der Waals surface area contributed by atoms with Crippen LogP contribution in [0.3, 0.4) is 0 Å². The maximum Gasteiger partial charge on any atom is 0.0587 e. The topological polar surface area (TPSA) is 21.3 Å². The highest BCUT2D eigenvalue weighted by Gasteiger charge is 2.36. The minimum Gasteiger partial charge on any atom is -0.383 e. The molecule has 0 heterocycles. The van der Waals surface area contributed by atoms with Gasteiger partial charge in [0.05, 0.1) is 6.61 Å². The van der Waals surface area contributed by atoms with Gasteiger partial charge in [-0.3, -0.25) is 0 Å². The van der Waals surface area contributed by atoms with E-state index in [0.717, 1.165) is 31.0 Å². The van der Waals surface area contributed by atoms with E-state index in [1.165, 1.54) is 44.9 Å². The largest absolute Gasteiger partial charge is 0.383 e. The van der Waals surface area contributed by atoms with Crippen LogP contribution >= 0.6 is 0 Å². The molecule has 2 heteroatoms. The maximum atomic E-state index is 5.12. The van der Waals surface area contributed by atoms with E-state index in [1.807, 2.05) is 0 Å². The molecule has 0 aromatic rings. The molecule has 1 atom stereocenters. The van der Waals surface area contributed by atoms with Crippen molar-refractivity contribution in [2.75, 3.05) is 20.3 Å². The van der Waals surface area contributed by atoms with Gasteiger partial charge in [-0.05, 0) is 37.5 Å². The predicted octanol–water partition coefficient (Wildman–Crippen LogP) is 2.58. The highest BCUT2D eigenvalue weighted by Crippen LogP contribution is 2.40. The fraction of sp³-hybridized carbons (Fsp3) is 1.00. The van der Waals surface area contributed by atoms with Crippen molar-refractivity contribution in [1.82, 2.24) is 5.32 Å². The lowest BCUT2D eigenvalue weighted by Crippen LogP contribution is -2.40. The summed E-state index contributed by atoms with van der Waals surface area (Å²) >= 11 is 0. The van der Waals surface area contributed by atoms with Crippen LogP contribution in [-0.4, -0.2) is 26.3 Å². The fourth-order valence-corrected chi connectivity index (χ4v) is 2.99. The summed E-state index contributed by atoms with van der Waals surface area (Å²) < 4.78 is 5.12. The van der Waals surface area contributed by atoms with E-state index in [1.54, 1.807) is 7.11 Å². The molecule has 2 saturated carbocycles. The number of nitrogens with one attached hydrogen (secondary N) is 1. The van der Waals surface area contributed by atoms with E-state index in [9.17, 15) is 0 Å². The van der Waals surface area contributed by atoms with Crippen LogP contribution in [0.25, 0.3) is 0 Å². The van der Waals surface area contributed by atoms with Gasteiger partial charge in [-0.2, -0.15) is 0 Å². The van der Waals surface area contributed by atoms with Crippen LogP contribution in [0.1, 0.15) is 44.9 Å². The van der Waals surface area contributed by atoms with Crippen molar-refractivity contribution in [1.29, 1.82) is 0 Å². The molecule has 0 radical (unpaired) electrons. The third-order valence-corrected chi connectivity index (χ3v) is 3.97. The zero-order valence-electron chi connectivity index (χ0n) is 10.0. The van der Waals surface area contributed by atoms with Crippen molar-refractivity contribution in [3.05, 3.63) is 0 Å². The van der Waals surface area contributed by atoms with E-state index in [2.05, 4.69) is 5.32 Å². The third kappa shape index (κ3) is 3.46. The monoisotopic (exact) mass is 211 g/mol. The summed E-state index contributed by atoms with van der Waals surface area (Å²) in [6, 6.07) is 0.806. The van der Waals surface area contributed by atoms with Crippen LogP contribution < -0.4 is 5.32 Å². The van der Waals surface area contributed by atoms with E-state index >= 15 is 0 Å². The molecule has 2 aliphatic rings. The number of hydrogen-bond donors (Lipinski definition) is 1. The Bertz CT molecular complexity index is 173. The summed E-state index contributed by atoms with van der Waals surface area (Å²) in [7, 11) is 1.79. The maximum absolute atomic E-state index is 5.12. The van der Waals surface area contributed by atoms with Gasteiger partial charge >= 0.3 is 0 Å². The molecule has 0 aliphatic heterocycles. The Kier molecular flexibility index (Phi) is 4.45. The summed E-state index contributed by atoms with van der Waals surface area (Å²) in [6.07, 6.45) is 10.2. The Morgan fingerprint density at radius 2 is 1.73 bits per heavy atom. The number of rotatable bonds is 6. The highest BCUT2D eigenvalue weighted by atomic mass is 16.5. The third-order valence-electron chi connectivity index (χ3n) is 3.97. The molecular formula is C13H25NO. The predicted molar refractivity (Wildman–Crippen MR) is 63.0 cm³/mol. The lowest BCUT2D eigenvalue weighted by Gasteiger charge is -2.31. The van der Waals surface area contributed by atoms with Crippen LogP contribution in [0.15, 0.2) is 0 Å². The first-order chi connectivity index (χ1) is 7.42. The molecule has 2 fully saturated rings. The van der Waals surface area contributed by atoms with Gasteiger partial charge < -0.3 is 10.1 Å². The van der Waals surface area contributed by atoms with E-state index in [-0.39, 0.29) is 0 Å². The van der Waals surface area contributed by atoms with Crippen LogP contribution in [0, 0.1) is 11.8 Å². The van der Waals surface area contributed by atoms with Crippen LogP contribution in [0.2, 0.25) is 0 Å². The first kappa shape index (κ1) is 11.4. The molecule has 0 spiro atoms. The number of hydrogen-bond acceptors (Lipinski definition) is 2. The minimum absolute atomic E-state index is 0.806. The summed E-state index contributed by atoms with van der Waals surface area (Å²) in [6.45, 7) is 1.89. The van der Waals surface area contributed by atoms with Gasteiger partial charge in [0.2, 0.25) is 0 Å². The standard InChI is InChI=1S/C13H25NO/c1-15-10-9-14-13(12-7-8-12)11-5-3-2-4-6-11/h11-14H,2-10H2,1H3. The molecule has 0 aromatic heterocycles. The lowest BCUT2D eigenvalue weighted by molar-refractivity contribution is 0.179.